The molecule has 0 saturated heterocycles. The summed E-state index contributed by atoms with van der Waals surface area (Å²) in [6, 6.07) is 6.27. The third-order valence-electron chi connectivity index (χ3n) is 4.44. The molecule has 3 aromatic rings. The Bertz CT molecular complexity index is 865. The summed E-state index contributed by atoms with van der Waals surface area (Å²) in [5.41, 5.74) is 7.18. The fourth-order valence-electron chi connectivity index (χ4n) is 3.40. The monoisotopic (exact) mass is 307 g/mol. The van der Waals surface area contributed by atoms with Gasteiger partial charge >= 0.3 is 0 Å². The van der Waals surface area contributed by atoms with Gasteiger partial charge in [0.1, 0.15) is 5.82 Å². The van der Waals surface area contributed by atoms with Crippen LogP contribution in [0.2, 0.25) is 0 Å². The van der Waals surface area contributed by atoms with Gasteiger partial charge in [0.05, 0.1) is 11.9 Å². The lowest BCUT2D eigenvalue weighted by Gasteiger charge is -2.20. The van der Waals surface area contributed by atoms with E-state index in [4.69, 9.17) is 4.98 Å². The summed E-state index contributed by atoms with van der Waals surface area (Å²) in [7, 11) is 0. The first kappa shape index (κ1) is 14.2. The van der Waals surface area contributed by atoms with Crippen molar-refractivity contribution in [1.29, 1.82) is 0 Å². The molecule has 4 rings (SSSR count). The number of aryl methyl sites for hydroxylation is 3. The van der Waals surface area contributed by atoms with E-state index in [2.05, 4.69) is 34.5 Å². The zero-order chi connectivity index (χ0) is 15.8. The van der Waals surface area contributed by atoms with Crippen LogP contribution in [0.5, 0.6) is 0 Å². The summed E-state index contributed by atoms with van der Waals surface area (Å²) in [6.45, 7) is 4.82. The maximum atomic E-state index is 4.72. The summed E-state index contributed by atoms with van der Waals surface area (Å²) in [6.07, 6.45) is 6.80. The van der Waals surface area contributed by atoms with Crippen LogP contribution in [0.15, 0.2) is 24.4 Å². The molecule has 0 aliphatic heterocycles. The molecule has 0 saturated carbocycles. The van der Waals surface area contributed by atoms with Crippen molar-refractivity contribution in [2.45, 2.75) is 46.1 Å². The molecule has 23 heavy (non-hydrogen) atoms. The SMILES string of the molecule is Cc1cc(CNc2ccc3nc(C)nn3c2)c2c(n1)CCCC2. The Balaban J connectivity index is 1.59. The van der Waals surface area contributed by atoms with E-state index in [0.717, 1.165) is 42.2 Å². The van der Waals surface area contributed by atoms with Gasteiger partial charge in [-0.25, -0.2) is 9.50 Å². The van der Waals surface area contributed by atoms with Crippen molar-refractivity contribution in [3.63, 3.8) is 0 Å². The van der Waals surface area contributed by atoms with Crippen molar-refractivity contribution >= 4 is 11.3 Å². The second-order valence-corrected chi connectivity index (χ2v) is 6.29. The zero-order valence-corrected chi connectivity index (χ0v) is 13.6. The van der Waals surface area contributed by atoms with E-state index in [1.54, 1.807) is 0 Å². The van der Waals surface area contributed by atoms with Crippen LogP contribution in [0.4, 0.5) is 5.69 Å². The Kier molecular flexibility index (Phi) is 3.48. The summed E-state index contributed by atoms with van der Waals surface area (Å²) < 4.78 is 1.82. The van der Waals surface area contributed by atoms with E-state index >= 15 is 0 Å². The van der Waals surface area contributed by atoms with Crippen molar-refractivity contribution in [3.8, 4) is 0 Å². The minimum absolute atomic E-state index is 0.793. The Morgan fingerprint density at radius 1 is 1.13 bits per heavy atom. The minimum Gasteiger partial charge on any atom is -0.380 e. The predicted molar refractivity (Wildman–Crippen MR) is 90.7 cm³/mol. The number of nitrogens with one attached hydrogen (secondary N) is 1. The van der Waals surface area contributed by atoms with Gasteiger partial charge < -0.3 is 5.32 Å². The first-order valence-corrected chi connectivity index (χ1v) is 8.24. The average Bonchev–Trinajstić information content (AvgIpc) is 2.91. The van der Waals surface area contributed by atoms with Gasteiger partial charge in [-0.1, -0.05) is 0 Å². The number of aromatic nitrogens is 4. The fraction of sp³-hybridized carbons (Fsp3) is 0.389. The summed E-state index contributed by atoms with van der Waals surface area (Å²) in [5.74, 6) is 0.793. The highest BCUT2D eigenvalue weighted by molar-refractivity contribution is 5.50. The topological polar surface area (TPSA) is 55.1 Å². The van der Waals surface area contributed by atoms with Crippen LogP contribution in [0, 0.1) is 13.8 Å². The first-order chi connectivity index (χ1) is 11.2. The van der Waals surface area contributed by atoms with Crippen molar-refractivity contribution in [2.24, 2.45) is 0 Å². The highest BCUT2D eigenvalue weighted by atomic mass is 15.3. The Labute approximate surface area is 135 Å². The largest absolute Gasteiger partial charge is 0.380 e. The van der Waals surface area contributed by atoms with Crippen LogP contribution in [-0.2, 0) is 19.4 Å². The van der Waals surface area contributed by atoms with Crippen LogP contribution in [0.25, 0.3) is 5.65 Å². The lowest BCUT2D eigenvalue weighted by molar-refractivity contribution is 0.659. The molecule has 0 amide bonds. The molecule has 0 atom stereocenters. The van der Waals surface area contributed by atoms with Gasteiger partial charge in [-0.2, -0.15) is 5.10 Å². The molecule has 5 nitrogen and oxygen atoms in total. The van der Waals surface area contributed by atoms with Gasteiger partial charge in [0.2, 0.25) is 0 Å². The molecular weight excluding hydrogens is 286 g/mol. The minimum atomic E-state index is 0.793. The Morgan fingerprint density at radius 2 is 2.00 bits per heavy atom. The number of anilines is 1. The van der Waals surface area contributed by atoms with Crippen molar-refractivity contribution in [3.05, 3.63) is 52.7 Å². The highest BCUT2D eigenvalue weighted by Crippen LogP contribution is 2.24. The quantitative estimate of drug-likeness (QED) is 0.807. The van der Waals surface area contributed by atoms with E-state index in [1.807, 2.05) is 23.7 Å². The van der Waals surface area contributed by atoms with Gasteiger partial charge in [-0.15, -0.1) is 0 Å². The van der Waals surface area contributed by atoms with Crippen LogP contribution in [-0.4, -0.2) is 19.6 Å². The average molecular weight is 307 g/mol. The van der Waals surface area contributed by atoms with Crippen molar-refractivity contribution in [2.75, 3.05) is 5.32 Å². The van der Waals surface area contributed by atoms with Crippen LogP contribution in [0.3, 0.4) is 0 Å². The van der Waals surface area contributed by atoms with E-state index < -0.39 is 0 Å². The molecule has 118 valence electrons. The molecule has 0 unspecified atom stereocenters. The van der Waals surface area contributed by atoms with E-state index in [9.17, 15) is 0 Å². The summed E-state index contributed by atoms with van der Waals surface area (Å²) in [5, 5.41) is 7.89. The number of hydrogen-bond donors (Lipinski definition) is 1. The normalized spacial score (nSPS) is 14.0. The third kappa shape index (κ3) is 2.79. The number of pyridine rings is 2. The second-order valence-electron chi connectivity index (χ2n) is 6.29. The van der Waals surface area contributed by atoms with E-state index in [0.29, 0.717) is 0 Å². The Morgan fingerprint density at radius 3 is 2.91 bits per heavy atom. The van der Waals surface area contributed by atoms with Crippen molar-refractivity contribution in [1.82, 2.24) is 19.6 Å². The lowest BCUT2D eigenvalue weighted by Crippen LogP contribution is -2.12. The first-order valence-electron chi connectivity index (χ1n) is 8.24. The molecule has 3 heterocycles. The van der Waals surface area contributed by atoms with Gasteiger partial charge in [0.25, 0.3) is 0 Å². The lowest BCUT2D eigenvalue weighted by atomic mass is 9.91. The zero-order valence-electron chi connectivity index (χ0n) is 13.6. The smallest absolute Gasteiger partial charge is 0.155 e. The molecule has 5 heteroatoms. The van der Waals surface area contributed by atoms with Crippen LogP contribution in [0.1, 0.15) is 41.2 Å². The maximum Gasteiger partial charge on any atom is 0.155 e. The van der Waals surface area contributed by atoms with Gasteiger partial charge in [0.15, 0.2) is 5.65 Å². The molecule has 0 radical (unpaired) electrons. The van der Waals surface area contributed by atoms with E-state index in [1.165, 1.54) is 29.7 Å². The summed E-state index contributed by atoms with van der Waals surface area (Å²) >= 11 is 0. The molecule has 0 aromatic carbocycles. The molecule has 0 spiro atoms. The third-order valence-corrected chi connectivity index (χ3v) is 4.44. The molecule has 3 aromatic heterocycles. The fourth-order valence-corrected chi connectivity index (χ4v) is 3.40. The molecule has 1 aliphatic rings. The molecule has 1 N–H and O–H groups in total. The highest BCUT2D eigenvalue weighted by Gasteiger charge is 2.15. The van der Waals surface area contributed by atoms with Crippen LogP contribution < -0.4 is 5.32 Å². The van der Waals surface area contributed by atoms with Crippen LogP contribution >= 0.6 is 0 Å². The number of rotatable bonds is 3. The molecule has 0 bridgehead atoms. The second kappa shape index (κ2) is 5.65. The van der Waals surface area contributed by atoms with Gasteiger partial charge in [0, 0.05) is 17.9 Å². The number of hydrogen-bond acceptors (Lipinski definition) is 4. The Hall–Kier alpha value is -2.43. The van der Waals surface area contributed by atoms with Crippen molar-refractivity contribution < 1.29 is 0 Å². The van der Waals surface area contributed by atoms with Gasteiger partial charge in [-0.3, -0.25) is 4.98 Å². The summed E-state index contributed by atoms with van der Waals surface area (Å²) in [4.78, 5) is 9.08. The molecular formula is C18H21N5. The predicted octanol–water partition coefficient (Wildman–Crippen LogP) is 3.23. The number of nitrogens with zero attached hydrogens (tertiary/aromatic N) is 4. The molecule has 1 aliphatic carbocycles. The molecule has 0 fully saturated rings. The van der Waals surface area contributed by atoms with E-state index in [-0.39, 0.29) is 0 Å². The number of fused-ring (bicyclic) bond motifs is 2. The maximum absolute atomic E-state index is 4.72. The standard InChI is InChI=1S/C18H21N5/c1-12-9-14(16-5-3-4-6-17(16)20-12)10-19-15-7-8-18-21-13(2)22-23(18)11-15/h7-9,11,19H,3-6,10H2,1-2H3. The van der Waals surface area contributed by atoms with Gasteiger partial charge in [-0.05, 0) is 68.9 Å².